The lowest BCUT2D eigenvalue weighted by molar-refractivity contribution is -0.137. The number of aromatic amines is 1. The van der Waals surface area contributed by atoms with Crippen LogP contribution in [-0.2, 0) is 12.6 Å². The first-order valence-corrected chi connectivity index (χ1v) is 8.74. The van der Waals surface area contributed by atoms with Crippen LogP contribution in [0.15, 0.2) is 47.3 Å². The van der Waals surface area contributed by atoms with E-state index in [1.165, 1.54) is 12.1 Å². The Kier molecular flexibility index (Phi) is 5.27. The lowest BCUT2D eigenvalue weighted by atomic mass is 10.0. The van der Waals surface area contributed by atoms with Gasteiger partial charge < -0.3 is 10.3 Å². The van der Waals surface area contributed by atoms with Crippen molar-refractivity contribution < 1.29 is 18.0 Å². The van der Waals surface area contributed by atoms with Gasteiger partial charge in [-0.2, -0.15) is 13.2 Å². The maximum atomic E-state index is 12.8. The fourth-order valence-electron chi connectivity index (χ4n) is 3.01. The molecule has 3 rings (SSSR count). The van der Waals surface area contributed by atoms with Gasteiger partial charge in [-0.15, -0.1) is 0 Å². The molecular formula is C21H19F3N2O2. The molecule has 2 aromatic carbocycles. The number of amides is 1. The molecule has 1 aromatic heterocycles. The van der Waals surface area contributed by atoms with Gasteiger partial charge in [0.05, 0.1) is 11.1 Å². The average molecular weight is 388 g/mol. The Balaban J connectivity index is 1.71. The molecule has 0 unspecified atom stereocenters. The highest BCUT2D eigenvalue weighted by Crippen LogP contribution is 2.29. The first-order chi connectivity index (χ1) is 13.2. The molecule has 1 amide bonds. The van der Waals surface area contributed by atoms with Crippen LogP contribution in [0.3, 0.4) is 0 Å². The largest absolute Gasteiger partial charge is 0.416 e. The molecule has 0 atom stereocenters. The van der Waals surface area contributed by atoms with Gasteiger partial charge in [0.25, 0.3) is 11.5 Å². The third-order valence-electron chi connectivity index (χ3n) is 4.76. The molecule has 0 saturated carbocycles. The lowest BCUT2D eigenvalue weighted by Gasteiger charge is -2.10. The van der Waals surface area contributed by atoms with E-state index in [2.05, 4.69) is 10.3 Å². The highest BCUT2D eigenvalue weighted by atomic mass is 19.4. The SMILES string of the molecule is Cc1ccc2cc(CCNC(=O)c3cccc(C(F)(F)F)c3)c(=O)[nH]c2c1C. The summed E-state index contributed by atoms with van der Waals surface area (Å²) in [5.41, 5.74) is 2.16. The standard InChI is InChI=1S/C21H19F3N2O2/c1-12-6-7-14-10-16(20(28)26-18(14)13(12)2)8-9-25-19(27)15-4-3-5-17(11-15)21(22,23)24/h3-7,10-11H,8-9H2,1-2H3,(H,25,27)(H,26,28). The van der Waals surface area contributed by atoms with Crippen LogP contribution in [0.1, 0.15) is 32.6 Å². The van der Waals surface area contributed by atoms with Crippen LogP contribution in [0, 0.1) is 13.8 Å². The van der Waals surface area contributed by atoms with Crippen molar-refractivity contribution in [3.8, 4) is 0 Å². The van der Waals surface area contributed by atoms with Crippen molar-refractivity contribution >= 4 is 16.8 Å². The van der Waals surface area contributed by atoms with Crippen molar-refractivity contribution in [2.24, 2.45) is 0 Å². The van der Waals surface area contributed by atoms with Crippen LogP contribution in [0.2, 0.25) is 0 Å². The van der Waals surface area contributed by atoms with Gasteiger partial charge >= 0.3 is 6.18 Å². The minimum Gasteiger partial charge on any atom is -0.352 e. The first-order valence-electron chi connectivity index (χ1n) is 8.74. The summed E-state index contributed by atoms with van der Waals surface area (Å²) in [5, 5.41) is 3.45. The second-order valence-electron chi connectivity index (χ2n) is 6.68. The minimum atomic E-state index is -4.51. The molecule has 28 heavy (non-hydrogen) atoms. The molecule has 4 nitrogen and oxygen atoms in total. The van der Waals surface area contributed by atoms with Gasteiger partial charge in [0.1, 0.15) is 0 Å². The Morgan fingerprint density at radius 3 is 2.57 bits per heavy atom. The molecule has 0 spiro atoms. The number of hydrogen-bond donors (Lipinski definition) is 2. The smallest absolute Gasteiger partial charge is 0.352 e. The Hall–Kier alpha value is -3.09. The third-order valence-corrected chi connectivity index (χ3v) is 4.76. The van der Waals surface area contributed by atoms with Gasteiger partial charge in [0.2, 0.25) is 0 Å². The van der Waals surface area contributed by atoms with Crippen LogP contribution in [0.5, 0.6) is 0 Å². The van der Waals surface area contributed by atoms with E-state index >= 15 is 0 Å². The number of rotatable bonds is 4. The van der Waals surface area contributed by atoms with Gasteiger partial charge in [-0.25, -0.2) is 0 Å². The summed E-state index contributed by atoms with van der Waals surface area (Å²) in [5.74, 6) is -0.616. The van der Waals surface area contributed by atoms with Crippen molar-refractivity contribution in [3.63, 3.8) is 0 Å². The molecule has 0 radical (unpaired) electrons. The van der Waals surface area contributed by atoms with Crippen molar-refractivity contribution in [1.29, 1.82) is 0 Å². The molecule has 146 valence electrons. The van der Waals surface area contributed by atoms with Crippen molar-refractivity contribution in [3.05, 3.63) is 80.6 Å². The molecule has 0 aliphatic carbocycles. The lowest BCUT2D eigenvalue weighted by Crippen LogP contribution is -2.27. The van der Waals surface area contributed by atoms with Crippen LogP contribution in [-0.4, -0.2) is 17.4 Å². The minimum absolute atomic E-state index is 0.0756. The Labute approximate surface area is 159 Å². The molecule has 0 bridgehead atoms. The Bertz CT molecular complexity index is 1100. The zero-order valence-corrected chi connectivity index (χ0v) is 15.4. The highest BCUT2D eigenvalue weighted by Gasteiger charge is 2.30. The molecule has 3 aromatic rings. The van der Waals surface area contributed by atoms with Crippen molar-refractivity contribution in [1.82, 2.24) is 10.3 Å². The summed E-state index contributed by atoms with van der Waals surface area (Å²) in [4.78, 5) is 27.3. The first kappa shape index (κ1) is 19.7. The Morgan fingerprint density at radius 2 is 1.86 bits per heavy atom. The topological polar surface area (TPSA) is 62.0 Å². The van der Waals surface area contributed by atoms with Gasteiger partial charge in [0, 0.05) is 17.7 Å². The Morgan fingerprint density at radius 1 is 1.11 bits per heavy atom. The predicted octanol–water partition coefficient (Wildman–Crippen LogP) is 4.14. The number of aryl methyl sites for hydroxylation is 2. The number of benzene rings is 2. The van der Waals surface area contributed by atoms with Crippen LogP contribution in [0.25, 0.3) is 10.9 Å². The highest BCUT2D eigenvalue weighted by molar-refractivity contribution is 5.94. The zero-order chi connectivity index (χ0) is 20.5. The van der Waals surface area contributed by atoms with E-state index in [1.54, 1.807) is 6.07 Å². The number of carbonyl (C=O) groups excluding carboxylic acids is 1. The van der Waals surface area contributed by atoms with E-state index in [0.717, 1.165) is 34.2 Å². The maximum absolute atomic E-state index is 12.8. The van der Waals surface area contributed by atoms with Gasteiger partial charge in [0.15, 0.2) is 0 Å². The number of hydrogen-bond acceptors (Lipinski definition) is 2. The van der Waals surface area contributed by atoms with E-state index in [1.807, 2.05) is 26.0 Å². The summed E-state index contributed by atoms with van der Waals surface area (Å²) in [6, 6.07) is 9.89. The average Bonchev–Trinajstić information content (AvgIpc) is 2.65. The maximum Gasteiger partial charge on any atom is 0.416 e. The fraction of sp³-hybridized carbons (Fsp3) is 0.238. The number of halogens is 3. The number of aromatic nitrogens is 1. The number of carbonyl (C=O) groups is 1. The fourth-order valence-corrected chi connectivity index (χ4v) is 3.01. The number of nitrogens with one attached hydrogen (secondary N) is 2. The number of pyridine rings is 1. The third kappa shape index (κ3) is 4.08. The summed E-state index contributed by atoms with van der Waals surface area (Å²) in [7, 11) is 0. The molecule has 0 aliphatic rings. The second kappa shape index (κ2) is 7.50. The van der Waals surface area contributed by atoms with E-state index in [9.17, 15) is 22.8 Å². The molecular weight excluding hydrogens is 369 g/mol. The summed E-state index contributed by atoms with van der Waals surface area (Å²) in [6.07, 6.45) is -4.24. The van der Waals surface area contributed by atoms with Crippen molar-refractivity contribution in [2.45, 2.75) is 26.4 Å². The predicted molar refractivity (Wildman–Crippen MR) is 102 cm³/mol. The van der Waals surface area contributed by atoms with Crippen molar-refractivity contribution in [2.75, 3.05) is 6.54 Å². The van der Waals surface area contributed by atoms with Crippen LogP contribution in [0.4, 0.5) is 13.2 Å². The van der Waals surface area contributed by atoms with E-state index < -0.39 is 17.6 Å². The quantitative estimate of drug-likeness (QED) is 0.706. The summed E-state index contributed by atoms with van der Waals surface area (Å²) >= 11 is 0. The van der Waals surface area contributed by atoms with E-state index in [4.69, 9.17) is 0 Å². The molecule has 7 heteroatoms. The molecule has 0 aliphatic heterocycles. The molecule has 0 saturated heterocycles. The van der Waals surface area contributed by atoms with E-state index in [-0.39, 0.29) is 24.1 Å². The molecule has 0 fully saturated rings. The zero-order valence-electron chi connectivity index (χ0n) is 15.4. The van der Waals surface area contributed by atoms with Crippen LogP contribution < -0.4 is 10.9 Å². The molecule has 2 N–H and O–H groups in total. The monoisotopic (exact) mass is 388 g/mol. The van der Waals surface area contributed by atoms with Gasteiger partial charge in [-0.1, -0.05) is 18.2 Å². The molecule has 1 heterocycles. The number of fused-ring (bicyclic) bond motifs is 1. The normalized spacial score (nSPS) is 11.6. The summed E-state index contributed by atoms with van der Waals surface area (Å²) < 4.78 is 38.3. The number of H-pyrrole nitrogens is 1. The van der Waals surface area contributed by atoms with Crippen LogP contribution >= 0.6 is 0 Å². The summed E-state index contributed by atoms with van der Waals surface area (Å²) in [6.45, 7) is 4.03. The second-order valence-corrected chi connectivity index (χ2v) is 6.68. The van der Waals surface area contributed by atoms with Gasteiger partial charge in [-0.05, 0) is 61.0 Å². The number of alkyl halides is 3. The van der Waals surface area contributed by atoms with Gasteiger partial charge in [-0.3, -0.25) is 9.59 Å². The van der Waals surface area contributed by atoms with E-state index in [0.29, 0.717) is 5.56 Å².